The first-order valence-electron chi connectivity index (χ1n) is 5.75. The van der Waals surface area contributed by atoms with Crippen LogP contribution < -0.4 is 4.74 Å². The minimum atomic E-state index is -0.164. The largest absolute Gasteiger partial charge is 0.490 e. The van der Waals surface area contributed by atoms with Crippen molar-refractivity contribution in [1.82, 2.24) is 0 Å². The number of hydrogen-bond acceptors (Lipinski definition) is 3. The maximum Gasteiger partial charge on any atom is 0.153 e. The predicted octanol–water partition coefficient (Wildman–Crippen LogP) is 3.00. The van der Waals surface area contributed by atoms with E-state index in [4.69, 9.17) is 9.47 Å². The lowest BCUT2D eigenvalue weighted by atomic mass is 10.1. The van der Waals surface area contributed by atoms with Crippen LogP contribution in [0.1, 0.15) is 36.7 Å². The molecule has 0 bridgehead atoms. The summed E-state index contributed by atoms with van der Waals surface area (Å²) >= 11 is 0. The van der Waals surface area contributed by atoms with E-state index in [0.29, 0.717) is 24.5 Å². The van der Waals surface area contributed by atoms with E-state index in [9.17, 15) is 4.79 Å². The van der Waals surface area contributed by atoms with Gasteiger partial charge in [-0.3, -0.25) is 4.79 Å². The van der Waals surface area contributed by atoms with Crippen LogP contribution in [0, 0.1) is 6.92 Å². The highest BCUT2D eigenvalue weighted by molar-refractivity contribution is 5.80. The zero-order valence-corrected chi connectivity index (χ0v) is 10.9. The Labute approximate surface area is 103 Å². The highest BCUT2D eigenvalue weighted by atomic mass is 16.5. The van der Waals surface area contributed by atoms with Crippen LogP contribution in [-0.4, -0.2) is 25.1 Å². The number of carbonyl (C=O) groups excluding carboxylic acids is 1. The summed E-state index contributed by atoms with van der Waals surface area (Å²) in [5, 5.41) is 0. The molecule has 0 aliphatic carbocycles. The second-order valence-corrected chi connectivity index (χ2v) is 4.92. The maximum atomic E-state index is 10.9. The Morgan fingerprint density at radius 1 is 1.24 bits per heavy atom. The molecular formula is C14H20O3. The average Bonchev–Trinajstić information content (AvgIpc) is 2.24. The smallest absolute Gasteiger partial charge is 0.153 e. The number of benzene rings is 1. The minimum absolute atomic E-state index is 0.164. The summed E-state index contributed by atoms with van der Waals surface area (Å²) in [6.07, 6.45) is 0.812. The number of ether oxygens (including phenoxy) is 2. The Bertz CT molecular complexity index is 378. The van der Waals surface area contributed by atoms with Crippen LogP contribution in [0.5, 0.6) is 5.75 Å². The van der Waals surface area contributed by atoms with Gasteiger partial charge in [0.25, 0.3) is 0 Å². The molecule has 0 heterocycles. The number of para-hydroxylation sites is 1. The van der Waals surface area contributed by atoms with Gasteiger partial charge in [-0.05, 0) is 39.3 Å². The predicted molar refractivity (Wildman–Crippen MR) is 67.8 cm³/mol. The van der Waals surface area contributed by atoms with Crippen LogP contribution >= 0.6 is 0 Å². The number of rotatable bonds is 5. The van der Waals surface area contributed by atoms with Gasteiger partial charge in [0.2, 0.25) is 0 Å². The van der Waals surface area contributed by atoms with Crippen molar-refractivity contribution < 1.29 is 14.3 Å². The molecule has 94 valence electrons. The van der Waals surface area contributed by atoms with Gasteiger partial charge in [-0.2, -0.15) is 0 Å². The van der Waals surface area contributed by atoms with Gasteiger partial charge in [-0.1, -0.05) is 12.1 Å². The van der Waals surface area contributed by atoms with E-state index in [2.05, 4.69) is 0 Å². The lowest BCUT2D eigenvalue weighted by Gasteiger charge is -2.20. The Morgan fingerprint density at radius 2 is 1.94 bits per heavy atom. The van der Waals surface area contributed by atoms with Crippen LogP contribution in [0.2, 0.25) is 0 Å². The molecule has 0 amide bonds. The van der Waals surface area contributed by atoms with Crippen LogP contribution in [0.15, 0.2) is 18.2 Å². The number of hydrogen-bond donors (Lipinski definition) is 0. The average molecular weight is 236 g/mol. The summed E-state index contributed by atoms with van der Waals surface area (Å²) in [5.41, 5.74) is 1.38. The second kappa shape index (κ2) is 5.82. The molecular weight excluding hydrogens is 216 g/mol. The highest BCUT2D eigenvalue weighted by Crippen LogP contribution is 2.21. The highest BCUT2D eigenvalue weighted by Gasteiger charge is 2.10. The molecule has 0 fully saturated rings. The van der Waals surface area contributed by atoms with Crippen molar-refractivity contribution in [3.8, 4) is 5.75 Å². The van der Waals surface area contributed by atoms with Crippen molar-refractivity contribution in [2.45, 2.75) is 33.3 Å². The van der Waals surface area contributed by atoms with Gasteiger partial charge < -0.3 is 9.47 Å². The zero-order chi connectivity index (χ0) is 12.9. The van der Waals surface area contributed by atoms with Crippen LogP contribution in [-0.2, 0) is 4.74 Å². The molecule has 3 nitrogen and oxygen atoms in total. The maximum absolute atomic E-state index is 10.9. The van der Waals surface area contributed by atoms with Gasteiger partial charge in [0.1, 0.15) is 12.4 Å². The molecule has 1 rings (SSSR count). The van der Waals surface area contributed by atoms with E-state index in [-0.39, 0.29) is 5.60 Å². The van der Waals surface area contributed by atoms with E-state index in [0.717, 1.165) is 11.8 Å². The molecule has 0 aliphatic rings. The summed E-state index contributed by atoms with van der Waals surface area (Å²) in [6, 6.07) is 5.52. The SMILES string of the molecule is Cc1cccc(C=O)c1OCCOC(C)(C)C. The minimum Gasteiger partial charge on any atom is -0.490 e. The quantitative estimate of drug-likeness (QED) is 0.582. The van der Waals surface area contributed by atoms with E-state index >= 15 is 0 Å². The first kappa shape index (κ1) is 13.7. The third-order valence-corrected chi connectivity index (χ3v) is 2.23. The standard InChI is InChI=1S/C14H20O3/c1-11-6-5-7-12(10-15)13(11)16-8-9-17-14(2,3)4/h5-7,10H,8-9H2,1-4H3. The summed E-state index contributed by atoms with van der Waals surface area (Å²) in [4.78, 5) is 10.9. The van der Waals surface area contributed by atoms with Crippen LogP contribution in [0.25, 0.3) is 0 Å². The Morgan fingerprint density at radius 3 is 2.53 bits per heavy atom. The lowest BCUT2D eigenvalue weighted by Crippen LogP contribution is -2.22. The monoisotopic (exact) mass is 236 g/mol. The van der Waals surface area contributed by atoms with E-state index in [1.807, 2.05) is 39.8 Å². The molecule has 0 aromatic heterocycles. The van der Waals surface area contributed by atoms with E-state index < -0.39 is 0 Å². The molecule has 0 aliphatic heterocycles. The van der Waals surface area contributed by atoms with Gasteiger partial charge in [-0.15, -0.1) is 0 Å². The molecule has 1 aromatic carbocycles. The fraction of sp³-hybridized carbons (Fsp3) is 0.500. The van der Waals surface area contributed by atoms with E-state index in [1.165, 1.54) is 0 Å². The third kappa shape index (κ3) is 4.57. The van der Waals surface area contributed by atoms with Crippen molar-refractivity contribution in [2.75, 3.05) is 13.2 Å². The molecule has 0 radical (unpaired) electrons. The Hall–Kier alpha value is -1.35. The van der Waals surface area contributed by atoms with E-state index in [1.54, 1.807) is 6.07 Å². The number of aryl methyl sites for hydroxylation is 1. The van der Waals surface area contributed by atoms with Crippen molar-refractivity contribution >= 4 is 6.29 Å². The molecule has 0 spiro atoms. The molecule has 0 saturated heterocycles. The van der Waals surface area contributed by atoms with Crippen molar-refractivity contribution in [3.63, 3.8) is 0 Å². The zero-order valence-electron chi connectivity index (χ0n) is 10.9. The fourth-order valence-corrected chi connectivity index (χ4v) is 1.46. The second-order valence-electron chi connectivity index (χ2n) is 4.92. The summed E-state index contributed by atoms with van der Waals surface area (Å²) in [6.45, 7) is 8.87. The molecule has 0 unspecified atom stereocenters. The molecule has 0 saturated carbocycles. The summed E-state index contributed by atoms with van der Waals surface area (Å²) in [7, 11) is 0. The lowest BCUT2D eigenvalue weighted by molar-refractivity contribution is -0.0164. The third-order valence-electron chi connectivity index (χ3n) is 2.23. The number of carbonyl (C=O) groups is 1. The van der Waals surface area contributed by atoms with Crippen LogP contribution in [0.4, 0.5) is 0 Å². The fourth-order valence-electron chi connectivity index (χ4n) is 1.46. The van der Waals surface area contributed by atoms with Gasteiger partial charge in [0.15, 0.2) is 6.29 Å². The molecule has 17 heavy (non-hydrogen) atoms. The van der Waals surface area contributed by atoms with Crippen molar-refractivity contribution in [1.29, 1.82) is 0 Å². The topological polar surface area (TPSA) is 35.5 Å². The normalized spacial score (nSPS) is 11.3. The summed E-state index contributed by atoms with van der Waals surface area (Å²) < 4.78 is 11.1. The summed E-state index contributed by atoms with van der Waals surface area (Å²) in [5.74, 6) is 0.653. The molecule has 3 heteroatoms. The molecule has 1 aromatic rings. The van der Waals surface area contributed by atoms with Gasteiger partial charge in [0, 0.05) is 0 Å². The van der Waals surface area contributed by atoms with Crippen molar-refractivity contribution in [3.05, 3.63) is 29.3 Å². The van der Waals surface area contributed by atoms with Gasteiger partial charge in [-0.25, -0.2) is 0 Å². The van der Waals surface area contributed by atoms with Crippen molar-refractivity contribution in [2.24, 2.45) is 0 Å². The van der Waals surface area contributed by atoms with Gasteiger partial charge in [0.05, 0.1) is 17.8 Å². The first-order chi connectivity index (χ1) is 7.94. The molecule has 0 N–H and O–H groups in total. The Balaban J connectivity index is 2.54. The number of aldehydes is 1. The molecule has 0 atom stereocenters. The first-order valence-corrected chi connectivity index (χ1v) is 5.75. The van der Waals surface area contributed by atoms with Crippen LogP contribution in [0.3, 0.4) is 0 Å². The Kier molecular flexibility index (Phi) is 4.70. The van der Waals surface area contributed by atoms with Gasteiger partial charge >= 0.3 is 0 Å².